The van der Waals surface area contributed by atoms with E-state index in [-0.39, 0.29) is 11.4 Å². The van der Waals surface area contributed by atoms with E-state index in [4.69, 9.17) is 4.74 Å². The Morgan fingerprint density at radius 2 is 1.78 bits per heavy atom. The number of carbonyl (C=O) groups is 1. The molecule has 0 aromatic heterocycles. The van der Waals surface area contributed by atoms with E-state index in [0.29, 0.717) is 16.7 Å². The maximum atomic E-state index is 12.6. The summed E-state index contributed by atoms with van der Waals surface area (Å²) in [6.07, 6.45) is 12.0. The molecule has 0 amide bonds. The van der Waals surface area contributed by atoms with Crippen LogP contribution in [0.5, 0.6) is 0 Å². The summed E-state index contributed by atoms with van der Waals surface area (Å²) in [4.78, 5) is 12.6. The van der Waals surface area contributed by atoms with Crippen molar-refractivity contribution >= 4 is 5.97 Å². The van der Waals surface area contributed by atoms with Crippen molar-refractivity contribution in [3.8, 4) is 0 Å². The lowest BCUT2D eigenvalue weighted by Gasteiger charge is -2.63. The summed E-state index contributed by atoms with van der Waals surface area (Å²) in [7, 11) is 1.58. The third kappa shape index (κ3) is 1.96. The Bertz CT molecular complexity index is 510. The zero-order valence-electron chi connectivity index (χ0n) is 15.5. The summed E-state index contributed by atoms with van der Waals surface area (Å²) >= 11 is 0. The van der Waals surface area contributed by atoms with Crippen molar-refractivity contribution in [3.05, 3.63) is 0 Å². The first-order valence-corrected chi connectivity index (χ1v) is 9.94. The molecule has 4 rings (SSSR count). The fourth-order valence-corrected chi connectivity index (χ4v) is 8.27. The lowest BCUT2D eigenvalue weighted by Crippen LogP contribution is -2.58. The molecule has 4 aliphatic rings. The number of carbonyl (C=O) groups excluding carboxylic acids is 1. The van der Waals surface area contributed by atoms with E-state index in [1.165, 1.54) is 51.4 Å². The minimum absolute atomic E-state index is 0.0536. The van der Waals surface area contributed by atoms with Crippen molar-refractivity contribution in [2.45, 2.75) is 78.6 Å². The summed E-state index contributed by atoms with van der Waals surface area (Å²) in [5.74, 6) is 3.34. The van der Waals surface area contributed by atoms with Crippen molar-refractivity contribution in [2.75, 3.05) is 7.11 Å². The van der Waals surface area contributed by atoms with E-state index < -0.39 is 0 Å². The van der Waals surface area contributed by atoms with Crippen LogP contribution in [-0.4, -0.2) is 13.1 Å². The topological polar surface area (TPSA) is 26.3 Å². The molecule has 1 spiro atoms. The van der Waals surface area contributed by atoms with Crippen molar-refractivity contribution in [1.29, 1.82) is 0 Å². The fraction of sp³-hybridized carbons (Fsp3) is 0.952. The monoisotopic (exact) mass is 318 g/mol. The molecule has 0 radical (unpaired) electrons. The average molecular weight is 319 g/mol. The summed E-state index contributed by atoms with van der Waals surface area (Å²) in [6, 6.07) is 0. The number of methoxy groups -OCH3 is 1. The van der Waals surface area contributed by atoms with Gasteiger partial charge in [0, 0.05) is 0 Å². The molecular weight excluding hydrogens is 284 g/mol. The lowest BCUT2D eigenvalue weighted by molar-refractivity contribution is -0.183. The van der Waals surface area contributed by atoms with Crippen LogP contribution >= 0.6 is 0 Å². The zero-order valence-corrected chi connectivity index (χ0v) is 15.5. The van der Waals surface area contributed by atoms with Gasteiger partial charge < -0.3 is 4.74 Å². The molecule has 4 aliphatic carbocycles. The number of esters is 1. The van der Waals surface area contributed by atoms with E-state index >= 15 is 0 Å². The first kappa shape index (κ1) is 16.0. The predicted octanol–water partition coefficient (Wildman–Crippen LogP) is 5.21. The molecule has 0 N–H and O–H groups in total. The second-order valence-corrected chi connectivity index (χ2v) is 10.00. The van der Waals surface area contributed by atoms with Gasteiger partial charge in [-0.1, -0.05) is 20.3 Å². The van der Waals surface area contributed by atoms with Gasteiger partial charge in [0.25, 0.3) is 0 Å². The Kier molecular flexibility index (Phi) is 3.46. The number of rotatable bonds is 1. The highest BCUT2D eigenvalue weighted by atomic mass is 16.5. The Balaban J connectivity index is 1.72. The number of ether oxygens (including phenoxy) is 1. The third-order valence-electron chi connectivity index (χ3n) is 9.12. The van der Waals surface area contributed by atoms with Crippen LogP contribution in [-0.2, 0) is 9.53 Å². The normalized spacial score (nSPS) is 55.0. The van der Waals surface area contributed by atoms with Crippen molar-refractivity contribution in [1.82, 2.24) is 0 Å². The second-order valence-electron chi connectivity index (χ2n) is 10.00. The largest absolute Gasteiger partial charge is 0.469 e. The van der Waals surface area contributed by atoms with Gasteiger partial charge in [-0.05, 0) is 92.8 Å². The molecule has 0 saturated heterocycles. The molecule has 2 heteroatoms. The molecule has 23 heavy (non-hydrogen) atoms. The van der Waals surface area contributed by atoms with E-state index in [9.17, 15) is 4.79 Å². The summed E-state index contributed by atoms with van der Waals surface area (Å²) < 4.78 is 5.26. The predicted molar refractivity (Wildman–Crippen MR) is 91.9 cm³/mol. The SMILES string of the molecule is COC(=O)[C@]1(C)CCC[C@@]2(C)[C@@H]3CC[C@@H]4C[C@@]3(CC[C@@H]21)C[C@@H]4C. The van der Waals surface area contributed by atoms with Gasteiger partial charge in [0.1, 0.15) is 0 Å². The Hall–Kier alpha value is -0.530. The number of fused-ring (bicyclic) bond motifs is 3. The van der Waals surface area contributed by atoms with Crippen LogP contribution in [0.25, 0.3) is 0 Å². The molecule has 0 aromatic rings. The van der Waals surface area contributed by atoms with Crippen LogP contribution in [0, 0.1) is 39.9 Å². The van der Waals surface area contributed by atoms with Crippen LogP contribution in [0.1, 0.15) is 78.6 Å². The van der Waals surface area contributed by atoms with Gasteiger partial charge in [-0.3, -0.25) is 4.79 Å². The van der Waals surface area contributed by atoms with Gasteiger partial charge in [0.05, 0.1) is 12.5 Å². The maximum absolute atomic E-state index is 12.6. The molecule has 4 saturated carbocycles. The van der Waals surface area contributed by atoms with Gasteiger partial charge >= 0.3 is 5.97 Å². The zero-order chi connectivity index (χ0) is 16.5. The summed E-state index contributed by atoms with van der Waals surface area (Å²) in [6.45, 7) is 7.25. The first-order valence-electron chi connectivity index (χ1n) is 9.94. The van der Waals surface area contributed by atoms with Gasteiger partial charge in [-0.15, -0.1) is 0 Å². The van der Waals surface area contributed by atoms with Crippen LogP contribution in [0.3, 0.4) is 0 Å². The summed E-state index contributed by atoms with van der Waals surface area (Å²) in [5, 5.41) is 0. The van der Waals surface area contributed by atoms with E-state index in [1.54, 1.807) is 7.11 Å². The van der Waals surface area contributed by atoms with E-state index in [1.807, 2.05) is 0 Å². The minimum atomic E-state index is -0.246. The van der Waals surface area contributed by atoms with Gasteiger partial charge in [-0.2, -0.15) is 0 Å². The second kappa shape index (κ2) is 4.99. The molecule has 4 fully saturated rings. The van der Waals surface area contributed by atoms with E-state index in [0.717, 1.165) is 24.2 Å². The lowest BCUT2D eigenvalue weighted by atomic mass is 9.41. The highest BCUT2D eigenvalue weighted by Crippen LogP contribution is 2.72. The minimum Gasteiger partial charge on any atom is -0.469 e. The molecule has 7 atom stereocenters. The highest BCUT2D eigenvalue weighted by molar-refractivity contribution is 5.77. The Morgan fingerprint density at radius 3 is 2.52 bits per heavy atom. The van der Waals surface area contributed by atoms with Crippen LogP contribution in [0.4, 0.5) is 0 Å². The van der Waals surface area contributed by atoms with Crippen molar-refractivity contribution in [2.24, 2.45) is 39.9 Å². The Morgan fingerprint density at radius 1 is 1.00 bits per heavy atom. The molecule has 2 nitrogen and oxygen atoms in total. The molecule has 2 bridgehead atoms. The average Bonchev–Trinajstić information content (AvgIpc) is 2.75. The highest BCUT2D eigenvalue weighted by Gasteiger charge is 2.65. The molecule has 0 aromatic carbocycles. The number of hydrogen-bond donors (Lipinski definition) is 0. The molecule has 0 heterocycles. The van der Waals surface area contributed by atoms with Crippen LogP contribution in [0.15, 0.2) is 0 Å². The maximum Gasteiger partial charge on any atom is 0.311 e. The van der Waals surface area contributed by atoms with Crippen LogP contribution < -0.4 is 0 Å². The van der Waals surface area contributed by atoms with Gasteiger partial charge in [0.2, 0.25) is 0 Å². The first-order chi connectivity index (χ1) is 10.9. The number of hydrogen-bond acceptors (Lipinski definition) is 2. The Labute approximate surface area is 141 Å². The third-order valence-corrected chi connectivity index (χ3v) is 9.12. The summed E-state index contributed by atoms with van der Waals surface area (Å²) in [5.41, 5.74) is 0.723. The van der Waals surface area contributed by atoms with Crippen LogP contribution in [0.2, 0.25) is 0 Å². The van der Waals surface area contributed by atoms with E-state index in [2.05, 4.69) is 20.8 Å². The van der Waals surface area contributed by atoms with Gasteiger partial charge in [-0.25, -0.2) is 0 Å². The standard InChI is InChI=1S/C21H34O2/c1-14-12-21-11-8-16-19(2,17(21)7-6-15(14)13-21)9-5-10-20(16,3)18(22)23-4/h14-17H,5-13H2,1-4H3/t14-,15+,16-,17-,19+,20+,21+/m0/s1. The fourth-order valence-electron chi connectivity index (χ4n) is 8.27. The molecule has 0 aliphatic heterocycles. The van der Waals surface area contributed by atoms with Crippen molar-refractivity contribution < 1.29 is 9.53 Å². The van der Waals surface area contributed by atoms with Gasteiger partial charge in [0.15, 0.2) is 0 Å². The quantitative estimate of drug-likeness (QED) is 0.620. The molecular formula is C21H34O2. The molecule has 0 unspecified atom stereocenters. The smallest absolute Gasteiger partial charge is 0.311 e. The van der Waals surface area contributed by atoms with Crippen molar-refractivity contribution in [3.63, 3.8) is 0 Å². The molecule has 130 valence electrons.